The second-order valence-corrected chi connectivity index (χ2v) is 4.93. The summed E-state index contributed by atoms with van der Waals surface area (Å²) in [5, 5.41) is 3.42. The summed E-state index contributed by atoms with van der Waals surface area (Å²) in [6.45, 7) is 0. The molecule has 0 aliphatic rings. The van der Waals surface area contributed by atoms with Crippen LogP contribution in [-0.4, -0.2) is 6.18 Å². The average Bonchev–Trinajstić information content (AvgIpc) is 2.30. The van der Waals surface area contributed by atoms with Gasteiger partial charge in [-0.15, -0.1) is 0 Å². The van der Waals surface area contributed by atoms with Gasteiger partial charge in [-0.3, -0.25) is 0 Å². The number of hydrogen-bond donors (Lipinski definition) is 0. The molecule has 1 aromatic rings. The van der Waals surface area contributed by atoms with Gasteiger partial charge in [0.15, 0.2) is 0 Å². The monoisotopic (exact) mass is 382 g/mol. The lowest BCUT2D eigenvalue weighted by Crippen LogP contribution is -2.01. The van der Waals surface area contributed by atoms with Crippen LogP contribution < -0.4 is 0 Å². The molecule has 1 rings (SSSR count). The Morgan fingerprint density at radius 1 is 1.46 bits per heavy atom. The maximum Gasteiger partial charge on any atom is 0.410 e. The predicted octanol–water partition coefficient (Wildman–Crippen LogP) is 4.85. The van der Waals surface area contributed by atoms with Gasteiger partial charge in [0.1, 0.15) is 0 Å². The van der Waals surface area contributed by atoms with Crippen LogP contribution in [0.15, 0.2) is 21.3 Å². The van der Waals surface area contributed by atoms with E-state index in [-0.39, 0.29) is 3.58 Å². The molecule has 0 radical (unpaired) electrons. The highest BCUT2D eigenvalue weighted by Crippen LogP contribution is 2.34. The molecule has 6 heteroatoms. The summed E-state index contributed by atoms with van der Waals surface area (Å²) in [5.74, 6) is 0. The van der Waals surface area contributed by atoms with Crippen LogP contribution in [0.5, 0.6) is 0 Å². The topological polar surface area (TPSA) is 0 Å². The van der Waals surface area contributed by atoms with Gasteiger partial charge in [-0.25, -0.2) is 0 Å². The summed E-state index contributed by atoms with van der Waals surface area (Å²) in [5.41, 5.74) is 0.586. The molecular formula is C7H3BrF3IS. The third-order valence-electron chi connectivity index (χ3n) is 1.16. The fourth-order valence-corrected chi connectivity index (χ4v) is 3.56. The smallest absolute Gasteiger partial charge is 0.167 e. The van der Waals surface area contributed by atoms with E-state index in [1.165, 1.54) is 11.3 Å². The SMILES string of the molecule is FC(F)(F)/C=C(\I)c1cscc1Br. The molecule has 0 atom stereocenters. The third-order valence-corrected chi connectivity index (χ3v) is 3.76. The van der Waals surface area contributed by atoms with Crippen molar-refractivity contribution in [3.63, 3.8) is 0 Å². The minimum Gasteiger partial charge on any atom is -0.167 e. The fraction of sp³-hybridized carbons (Fsp3) is 0.143. The molecule has 0 amide bonds. The van der Waals surface area contributed by atoms with Gasteiger partial charge in [0.2, 0.25) is 0 Å². The number of halogens is 5. The van der Waals surface area contributed by atoms with E-state index in [4.69, 9.17) is 0 Å². The van der Waals surface area contributed by atoms with Gasteiger partial charge in [-0.1, -0.05) is 0 Å². The number of alkyl halides is 3. The Labute approximate surface area is 99.1 Å². The zero-order valence-corrected chi connectivity index (χ0v) is 10.6. The van der Waals surface area contributed by atoms with Crippen molar-refractivity contribution in [2.24, 2.45) is 0 Å². The average molecular weight is 383 g/mol. The third kappa shape index (κ3) is 3.59. The van der Waals surface area contributed by atoms with Crippen molar-refractivity contribution in [2.45, 2.75) is 6.18 Å². The van der Waals surface area contributed by atoms with Crippen LogP contribution in [0, 0.1) is 0 Å². The van der Waals surface area contributed by atoms with Crippen LogP contribution in [-0.2, 0) is 0 Å². The van der Waals surface area contributed by atoms with Crippen LogP contribution in [0.3, 0.4) is 0 Å². The Bertz CT molecular complexity index is 329. The predicted molar refractivity (Wildman–Crippen MR) is 60.1 cm³/mol. The number of hydrogen-bond acceptors (Lipinski definition) is 1. The maximum absolute atomic E-state index is 11.9. The lowest BCUT2D eigenvalue weighted by atomic mass is 10.3. The molecule has 0 saturated heterocycles. The van der Waals surface area contributed by atoms with E-state index in [1.54, 1.807) is 33.4 Å². The summed E-state index contributed by atoms with van der Waals surface area (Å²) in [4.78, 5) is 0. The lowest BCUT2D eigenvalue weighted by Gasteiger charge is -2.01. The van der Waals surface area contributed by atoms with E-state index >= 15 is 0 Å². The normalized spacial score (nSPS) is 13.5. The van der Waals surface area contributed by atoms with Crippen LogP contribution in [0.4, 0.5) is 13.2 Å². The first kappa shape index (κ1) is 11.5. The zero-order valence-electron chi connectivity index (χ0n) is 6.03. The van der Waals surface area contributed by atoms with E-state index < -0.39 is 6.18 Å². The molecule has 0 unspecified atom stereocenters. The van der Waals surface area contributed by atoms with E-state index in [2.05, 4.69) is 15.9 Å². The van der Waals surface area contributed by atoms with Gasteiger partial charge in [-0.05, 0) is 38.5 Å². The molecular weight excluding hydrogens is 380 g/mol. The number of thiophene rings is 1. The molecule has 0 spiro atoms. The maximum atomic E-state index is 11.9. The minimum absolute atomic E-state index is 0.193. The second-order valence-electron chi connectivity index (χ2n) is 2.17. The molecule has 1 aromatic heterocycles. The molecule has 0 bridgehead atoms. The fourth-order valence-electron chi connectivity index (χ4n) is 0.673. The molecule has 13 heavy (non-hydrogen) atoms. The van der Waals surface area contributed by atoms with Crippen LogP contribution in [0.2, 0.25) is 0 Å². The van der Waals surface area contributed by atoms with Crippen molar-refractivity contribution in [1.82, 2.24) is 0 Å². The van der Waals surface area contributed by atoms with Crippen LogP contribution in [0.1, 0.15) is 5.56 Å². The summed E-state index contributed by atoms with van der Waals surface area (Å²) < 4.78 is 36.7. The van der Waals surface area contributed by atoms with Crippen molar-refractivity contribution in [1.29, 1.82) is 0 Å². The molecule has 0 aliphatic heterocycles. The summed E-state index contributed by atoms with van der Waals surface area (Å²) in [7, 11) is 0. The Hall–Kier alpha value is 0.440. The van der Waals surface area contributed by atoms with E-state index in [0.717, 1.165) is 0 Å². The second kappa shape index (κ2) is 4.31. The zero-order chi connectivity index (χ0) is 10.1. The van der Waals surface area contributed by atoms with Gasteiger partial charge in [0.25, 0.3) is 0 Å². The first-order valence-electron chi connectivity index (χ1n) is 3.07. The van der Waals surface area contributed by atoms with Crippen molar-refractivity contribution >= 4 is 53.4 Å². The molecule has 0 aromatic carbocycles. The van der Waals surface area contributed by atoms with Gasteiger partial charge in [0.05, 0.1) is 0 Å². The van der Waals surface area contributed by atoms with Crippen molar-refractivity contribution in [3.8, 4) is 0 Å². The Morgan fingerprint density at radius 3 is 2.46 bits per heavy atom. The molecule has 72 valence electrons. The largest absolute Gasteiger partial charge is 0.410 e. The van der Waals surface area contributed by atoms with E-state index in [1.807, 2.05) is 0 Å². The summed E-state index contributed by atoms with van der Waals surface area (Å²) >= 11 is 6.21. The Morgan fingerprint density at radius 2 is 2.08 bits per heavy atom. The Kier molecular flexibility index (Phi) is 3.82. The van der Waals surface area contributed by atoms with E-state index in [0.29, 0.717) is 16.1 Å². The van der Waals surface area contributed by atoms with Crippen LogP contribution in [0.25, 0.3) is 3.58 Å². The van der Waals surface area contributed by atoms with Crippen LogP contribution >= 0.6 is 49.9 Å². The summed E-state index contributed by atoms with van der Waals surface area (Å²) in [6, 6.07) is 0. The van der Waals surface area contributed by atoms with Gasteiger partial charge in [0, 0.05) is 30.5 Å². The highest BCUT2D eigenvalue weighted by molar-refractivity contribution is 14.1. The standard InChI is InChI=1S/C7H3BrF3IS/c8-5-3-13-2-4(5)6(12)1-7(9,10)11/h1-3H/b6-1-. The lowest BCUT2D eigenvalue weighted by molar-refractivity contribution is -0.0791. The molecule has 0 aliphatic carbocycles. The summed E-state index contributed by atoms with van der Waals surface area (Å²) in [6.07, 6.45) is -3.96. The molecule has 0 nitrogen and oxygen atoms in total. The molecule has 0 saturated carbocycles. The highest BCUT2D eigenvalue weighted by Gasteiger charge is 2.24. The highest BCUT2D eigenvalue weighted by atomic mass is 127. The van der Waals surface area contributed by atoms with Crippen molar-refractivity contribution in [3.05, 3.63) is 26.9 Å². The van der Waals surface area contributed by atoms with Crippen molar-refractivity contribution in [2.75, 3.05) is 0 Å². The number of allylic oxidation sites excluding steroid dienone is 1. The first-order valence-corrected chi connectivity index (χ1v) is 5.89. The first-order chi connectivity index (χ1) is 5.90. The molecule has 0 fully saturated rings. The minimum atomic E-state index is -4.25. The van der Waals surface area contributed by atoms with E-state index in [9.17, 15) is 13.2 Å². The molecule has 0 N–H and O–H groups in total. The quantitative estimate of drug-likeness (QED) is 0.609. The van der Waals surface area contributed by atoms with Crippen molar-refractivity contribution < 1.29 is 13.2 Å². The van der Waals surface area contributed by atoms with Gasteiger partial charge < -0.3 is 0 Å². The number of rotatable bonds is 1. The molecule has 1 heterocycles. The Balaban J connectivity index is 2.98. The van der Waals surface area contributed by atoms with Gasteiger partial charge >= 0.3 is 6.18 Å². The van der Waals surface area contributed by atoms with Gasteiger partial charge in [-0.2, -0.15) is 24.5 Å².